The van der Waals surface area contributed by atoms with Gasteiger partial charge in [-0.05, 0) is 48.2 Å². The fourth-order valence-electron chi connectivity index (χ4n) is 6.56. The number of benzene rings is 3. The molecule has 4 nitrogen and oxygen atoms in total. The standard InChI is InChI=1S/C32H35F6N3O/c1-29(25-19-26(31(33,34)35)21-27(20-25)32(36,37)38)22-30(42,24-10-6-3-7-11-24)12-15-41(29)28(40-16-13-39-14-17-40)18-23-8-4-2-5-9-23/h2-11,19-21,28,39,42H,12-18,22H2,1H3. The Hall–Kier alpha value is -2.92. The Morgan fingerprint density at radius 3 is 1.88 bits per heavy atom. The van der Waals surface area contributed by atoms with Gasteiger partial charge in [0.05, 0.1) is 22.9 Å². The van der Waals surface area contributed by atoms with Crippen molar-refractivity contribution in [1.29, 1.82) is 0 Å². The van der Waals surface area contributed by atoms with Gasteiger partial charge in [-0.1, -0.05) is 60.7 Å². The molecule has 0 bridgehead atoms. The molecule has 3 aromatic carbocycles. The fourth-order valence-corrected chi connectivity index (χ4v) is 6.56. The van der Waals surface area contributed by atoms with Crippen molar-refractivity contribution in [2.24, 2.45) is 0 Å². The lowest BCUT2D eigenvalue weighted by molar-refractivity contribution is -0.145. The molecule has 42 heavy (non-hydrogen) atoms. The smallest absolute Gasteiger partial charge is 0.385 e. The molecule has 10 heteroatoms. The molecule has 2 aliphatic heterocycles. The van der Waals surface area contributed by atoms with E-state index in [9.17, 15) is 31.4 Å². The van der Waals surface area contributed by atoms with E-state index in [4.69, 9.17) is 0 Å². The highest BCUT2D eigenvalue weighted by atomic mass is 19.4. The Morgan fingerprint density at radius 2 is 1.33 bits per heavy atom. The molecule has 0 saturated carbocycles. The summed E-state index contributed by atoms with van der Waals surface area (Å²) in [4.78, 5) is 4.27. The van der Waals surface area contributed by atoms with Gasteiger partial charge in [-0.2, -0.15) is 26.3 Å². The molecule has 3 atom stereocenters. The molecule has 2 saturated heterocycles. The number of piperazine rings is 1. The molecular formula is C32H35F6N3O. The van der Waals surface area contributed by atoms with E-state index in [1.165, 1.54) is 0 Å². The number of rotatable bonds is 6. The maximum absolute atomic E-state index is 14.0. The lowest BCUT2D eigenvalue weighted by atomic mass is 9.70. The van der Waals surface area contributed by atoms with Crippen molar-refractivity contribution >= 4 is 0 Å². The first-order valence-corrected chi connectivity index (χ1v) is 14.1. The van der Waals surface area contributed by atoms with Gasteiger partial charge in [-0.15, -0.1) is 0 Å². The quantitative estimate of drug-likeness (QED) is 0.326. The van der Waals surface area contributed by atoms with Crippen molar-refractivity contribution in [2.75, 3.05) is 32.7 Å². The van der Waals surface area contributed by atoms with Gasteiger partial charge in [-0.25, -0.2) is 0 Å². The molecule has 2 aliphatic rings. The van der Waals surface area contributed by atoms with Crippen LogP contribution >= 0.6 is 0 Å². The van der Waals surface area contributed by atoms with E-state index in [2.05, 4.69) is 10.2 Å². The average molecular weight is 592 g/mol. The van der Waals surface area contributed by atoms with Crippen LogP contribution in [0.2, 0.25) is 0 Å². The Bertz CT molecular complexity index is 1310. The van der Waals surface area contributed by atoms with Gasteiger partial charge in [0, 0.05) is 51.1 Å². The monoisotopic (exact) mass is 591 g/mol. The SMILES string of the molecule is CC1(c2cc(C(F)(F)F)cc(C(F)(F)F)c2)CC(O)(c2ccccc2)CCN1C(Cc1ccccc1)N1CCNCC1. The molecule has 3 unspecified atom stereocenters. The van der Waals surface area contributed by atoms with E-state index in [0.29, 0.717) is 38.2 Å². The second-order valence-electron chi connectivity index (χ2n) is 11.5. The number of hydrogen-bond donors (Lipinski definition) is 2. The van der Waals surface area contributed by atoms with Crippen molar-refractivity contribution in [1.82, 2.24) is 15.1 Å². The van der Waals surface area contributed by atoms with Crippen LogP contribution in [-0.4, -0.2) is 53.8 Å². The van der Waals surface area contributed by atoms with Crippen LogP contribution in [0.25, 0.3) is 0 Å². The van der Waals surface area contributed by atoms with E-state index in [0.717, 1.165) is 17.7 Å². The summed E-state index contributed by atoms with van der Waals surface area (Å²) in [5.41, 5.74) is -4.08. The second-order valence-corrected chi connectivity index (χ2v) is 11.5. The lowest BCUT2D eigenvalue weighted by Crippen LogP contribution is -2.64. The number of hydrogen-bond acceptors (Lipinski definition) is 4. The third-order valence-electron chi connectivity index (χ3n) is 8.75. The van der Waals surface area contributed by atoms with Gasteiger partial charge in [-0.3, -0.25) is 9.80 Å². The number of likely N-dealkylation sites (tertiary alicyclic amines) is 1. The van der Waals surface area contributed by atoms with E-state index < -0.39 is 34.6 Å². The number of aliphatic hydroxyl groups is 1. The van der Waals surface area contributed by atoms with Crippen LogP contribution in [0.3, 0.4) is 0 Å². The van der Waals surface area contributed by atoms with Crippen molar-refractivity contribution in [3.05, 3.63) is 107 Å². The molecule has 5 rings (SSSR count). The largest absolute Gasteiger partial charge is 0.416 e. The maximum atomic E-state index is 14.0. The highest BCUT2D eigenvalue weighted by molar-refractivity contribution is 5.39. The minimum Gasteiger partial charge on any atom is -0.385 e. The van der Waals surface area contributed by atoms with Crippen molar-refractivity contribution in [3.8, 4) is 0 Å². The van der Waals surface area contributed by atoms with Crippen LogP contribution < -0.4 is 5.32 Å². The minimum absolute atomic E-state index is 0.0833. The molecule has 0 amide bonds. The summed E-state index contributed by atoms with van der Waals surface area (Å²) < 4.78 is 84.2. The summed E-state index contributed by atoms with van der Waals surface area (Å²) in [5, 5.41) is 15.3. The third kappa shape index (κ3) is 6.37. The predicted octanol–water partition coefficient (Wildman–Crippen LogP) is 6.40. The summed E-state index contributed by atoms with van der Waals surface area (Å²) in [5.74, 6) is 0. The maximum Gasteiger partial charge on any atom is 0.416 e. The zero-order chi connectivity index (χ0) is 30.2. The van der Waals surface area contributed by atoms with Gasteiger partial charge >= 0.3 is 12.4 Å². The number of nitrogens with one attached hydrogen (secondary N) is 1. The van der Waals surface area contributed by atoms with E-state index in [-0.39, 0.29) is 37.2 Å². The normalized spacial score (nSPS) is 25.3. The van der Waals surface area contributed by atoms with Gasteiger partial charge in [0.2, 0.25) is 0 Å². The molecule has 0 aliphatic carbocycles. The Morgan fingerprint density at radius 1 is 0.786 bits per heavy atom. The number of piperidine rings is 1. The van der Waals surface area contributed by atoms with E-state index in [1.54, 1.807) is 37.3 Å². The third-order valence-corrected chi connectivity index (χ3v) is 8.75. The second kappa shape index (κ2) is 11.6. The number of halogens is 6. The molecule has 2 fully saturated rings. The molecular weight excluding hydrogens is 556 g/mol. The Balaban J connectivity index is 1.68. The zero-order valence-corrected chi connectivity index (χ0v) is 23.3. The van der Waals surface area contributed by atoms with Crippen LogP contribution in [0, 0.1) is 0 Å². The van der Waals surface area contributed by atoms with Crippen molar-refractivity contribution < 1.29 is 31.4 Å². The first kappa shape index (κ1) is 30.5. The molecule has 0 aromatic heterocycles. The molecule has 0 spiro atoms. The fraction of sp³-hybridized carbons (Fsp3) is 0.438. The average Bonchev–Trinajstić information content (AvgIpc) is 2.97. The van der Waals surface area contributed by atoms with Crippen LogP contribution in [0.4, 0.5) is 26.3 Å². The highest BCUT2D eigenvalue weighted by Crippen LogP contribution is 2.49. The summed E-state index contributed by atoms with van der Waals surface area (Å²) in [7, 11) is 0. The molecule has 0 radical (unpaired) electrons. The molecule has 2 N–H and O–H groups in total. The zero-order valence-electron chi connectivity index (χ0n) is 23.3. The number of alkyl halides is 6. The van der Waals surface area contributed by atoms with Gasteiger partial charge in [0.25, 0.3) is 0 Å². The number of nitrogens with zero attached hydrogens (tertiary/aromatic N) is 2. The van der Waals surface area contributed by atoms with Gasteiger partial charge in [0.1, 0.15) is 0 Å². The van der Waals surface area contributed by atoms with Crippen molar-refractivity contribution in [3.63, 3.8) is 0 Å². The Labute approximate surface area is 242 Å². The summed E-state index contributed by atoms with van der Waals surface area (Å²) in [6, 6.07) is 20.3. The Kier molecular flexibility index (Phi) is 8.46. The highest BCUT2D eigenvalue weighted by Gasteiger charge is 2.51. The van der Waals surface area contributed by atoms with Crippen LogP contribution in [0.1, 0.15) is 47.6 Å². The van der Waals surface area contributed by atoms with Crippen LogP contribution in [0.15, 0.2) is 78.9 Å². The lowest BCUT2D eigenvalue weighted by Gasteiger charge is -2.56. The predicted molar refractivity (Wildman–Crippen MR) is 148 cm³/mol. The topological polar surface area (TPSA) is 38.7 Å². The summed E-state index contributed by atoms with van der Waals surface area (Å²) >= 11 is 0. The first-order chi connectivity index (χ1) is 19.8. The molecule has 226 valence electrons. The van der Waals surface area contributed by atoms with E-state index in [1.807, 2.05) is 35.2 Å². The summed E-state index contributed by atoms with van der Waals surface area (Å²) in [6.45, 7) is 4.71. The first-order valence-electron chi connectivity index (χ1n) is 14.1. The summed E-state index contributed by atoms with van der Waals surface area (Å²) in [6.07, 6.45) is -9.59. The van der Waals surface area contributed by atoms with Crippen LogP contribution in [-0.2, 0) is 29.9 Å². The minimum atomic E-state index is -4.98. The molecule has 3 aromatic rings. The molecule has 2 heterocycles. The van der Waals surface area contributed by atoms with Gasteiger partial charge < -0.3 is 10.4 Å². The van der Waals surface area contributed by atoms with Crippen molar-refractivity contribution in [2.45, 2.75) is 55.8 Å². The van der Waals surface area contributed by atoms with E-state index >= 15 is 0 Å². The van der Waals surface area contributed by atoms with Crippen LogP contribution in [0.5, 0.6) is 0 Å². The van der Waals surface area contributed by atoms with Gasteiger partial charge in [0.15, 0.2) is 0 Å².